The molecule has 4 aromatic heterocycles. The summed E-state index contributed by atoms with van der Waals surface area (Å²) >= 11 is 6.37. The minimum Gasteiger partial charge on any atom is -0.345 e. The summed E-state index contributed by atoms with van der Waals surface area (Å²) in [6.07, 6.45) is 8.53. The van der Waals surface area contributed by atoms with Crippen LogP contribution in [0.4, 0.5) is 17.3 Å². The van der Waals surface area contributed by atoms with Crippen molar-refractivity contribution in [1.29, 1.82) is 0 Å². The SMILES string of the molecule is O=[N+]([O-])c1ccc(Cn2cc(Nc3ncc(Cl)c(-c4c[nH]c5ncccc45)n3)cn2)cc1. The van der Waals surface area contributed by atoms with E-state index in [1.807, 2.05) is 18.3 Å². The number of nitro groups is 1. The molecule has 10 nitrogen and oxygen atoms in total. The minimum absolute atomic E-state index is 0.0539. The fourth-order valence-electron chi connectivity index (χ4n) is 3.32. The summed E-state index contributed by atoms with van der Waals surface area (Å²) in [5.74, 6) is 0.373. The summed E-state index contributed by atoms with van der Waals surface area (Å²) in [6.45, 7) is 0.467. The number of nitrogens with one attached hydrogen (secondary N) is 2. The van der Waals surface area contributed by atoms with E-state index in [4.69, 9.17) is 11.6 Å². The van der Waals surface area contributed by atoms with Crippen molar-refractivity contribution in [3.05, 3.63) is 88.1 Å². The van der Waals surface area contributed by atoms with Gasteiger partial charge in [-0.15, -0.1) is 0 Å². The van der Waals surface area contributed by atoms with Gasteiger partial charge in [-0.05, 0) is 17.7 Å². The zero-order valence-corrected chi connectivity index (χ0v) is 17.2. The van der Waals surface area contributed by atoms with Crippen molar-refractivity contribution in [3.8, 4) is 11.3 Å². The number of H-pyrrole nitrogens is 1. The van der Waals surface area contributed by atoms with E-state index in [-0.39, 0.29) is 5.69 Å². The normalized spacial score (nSPS) is 11.0. The van der Waals surface area contributed by atoms with Crippen molar-refractivity contribution >= 4 is 40.0 Å². The number of aromatic nitrogens is 6. The molecule has 5 aromatic rings. The van der Waals surface area contributed by atoms with Crippen LogP contribution in [0.3, 0.4) is 0 Å². The van der Waals surface area contributed by atoms with E-state index in [0.29, 0.717) is 28.9 Å². The first kappa shape index (κ1) is 19.6. The van der Waals surface area contributed by atoms with Gasteiger partial charge >= 0.3 is 0 Å². The Kier molecular flexibility index (Phi) is 4.96. The average Bonchev–Trinajstić information content (AvgIpc) is 3.42. The van der Waals surface area contributed by atoms with Crippen LogP contribution in [0.1, 0.15) is 5.56 Å². The second-order valence-electron chi connectivity index (χ2n) is 6.97. The smallest absolute Gasteiger partial charge is 0.269 e. The molecule has 0 aliphatic carbocycles. The molecule has 2 N–H and O–H groups in total. The zero-order chi connectivity index (χ0) is 22.1. The Morgan fingerprint density at radius 2 is 2.00 bits per heavy atom. The van der Waals surface area contributed by atoms with E-state index in [1.54, 1.807) is 41.6 Å². The van der Waals surface area contributed by atoms with Crippen LogP contribution in [-0.4, -0.2) is 34.6 Å². The van der Waals surface area contributed by atoms with Gasteiger partial charge in [-0.3, -0.25) is 14.8 Å². The fourth-order valence-corrected chi connectivity index (χ4v) is 3.51. The molecule has 0 atom stereocenters. The van der Waals surface area contributed by atoms with Gasteiger partial charge in [0.05, 0.1) is 40.3 Å². The first-order valence-electron chi connectivity index (χ1n) is 9.54. The highest BCUT2D eigenvalue weighted by Gasteiger charge is 2.14. The third kappa shape index (κ3) is 3.86. The number of hydrogen-bond acceptors (Lipinski definition) is 7. The lowest BCUT2D eigenvalue weighted by atomic mass is 10.1. The molecule has 0 unspecified atom stereocenters. The maximum Gasteiger partial charge on any atom is 0.269 e. The molecule has 0 amide bonds. The highest BCUT2D eigenvalue weighted by molar-refractivity contribution is 6.33. The lowest BCUT2D eigenvalue weighted by Gasteiger charge is -2.06. The Bertz CT molecular complexity index is 1430. The number of nitrogens with zero attached hydrogens (tertiary/aromatic N) is 6. The van der Waals surface area contributed by atoms with Crippen LogP contribution in [0, 0.1) is 10.1 Å². The predicted molar refractivity (Wildman–Crippen MR) is 120 cm³/mol. The number of non-ortho nitro benzene ring substituents is 1. The molecule has 0 fully saturated rings. The molecular formula is C21H15ClN8O2. The van der Waals surface area contributed by atoms with Gasteiger partial charge in [0.15, 0.2) is 0 Å². The Labute approximate surface area is 186 Å². The van der Waals surface area contributed by atoms with Crippen LogP contribution in [0.25, 0.3) is 22.3 Å². The topological polar surface area (TPSA) is 127 Å². The summed E-state index contributed by atoms with van der Waals surface area (Å²) in [7, 11) is 0. The number of nitro benzene ring substituents is 1. The second kappa shape index (κ2) is 8.08. The average molecular weight is 447 g/mol. The van der Waals surface area contributed by atoms with Crippen molar-refractivity contribution in [2.45, 2.75) is 6.54 Å². The number of hydrogen-bond donors (Lipinski definition) is 2. The van der Waals surface area contributed by atoms with Gasteiger partial charge in [0, 0.05) is 41.7 Å². The largest absolute Gasteiger partial charge is 0.345 e. The number of benzene rings is 1. The Balaban J connectivity index is 1.35. The van der Waals surface area contributed by atoms with Crippen molar-refractivity contribution in [1.82, 2.24) is 29.7 Å². The van der Waals surface area contributed by atoms with Crippen molar-refractivity contribution < 1.29 is 4.92 Å². The Morgan fingerprint density at radius 3 is 2.81 bits per heavy atom. The molecule has 1 aromatic carbocycles. The van der Waals surface area contributed by atoms with E-state index in [2.05, 4.69) is 30.4 Å². The van der Waals surface area contributed by atoms with Gasteiger partial charge in [-0.25, -0.2) is 15.0 Å². The molecule has 5 rings (SSSR count). The Morgan fingerprint density at radius 1 is 1.16 bits per heavy atom. The monoisotopic (exact) mass is 446 g/mol. The maximum absolute atomic E-state index is 10.8. The van der Waals surface area contributed by atoms with Gasteiger partial charge < -0.3 is 10.3 Å². The maximum atomic E-state index is 10.8. The molecule has 0 radical (unpaired) electrons. The molecule has 32 heavy (non-hydrogen) atoms. The molecule has 11 heteroatoms. The minimum atomic E-state index is -0.424. The number of fused-ring (bicyclic) bond motifs is 1. The standard InChI is InChI=1S/C21H15ClN8O2/c22-18-10-25-21(28-19(18)17-9-24-20-16(17)2-1-7-23-20)27-14-8-26-29(12-14)11-13-3-5-15(6-4-13)30(31)32/h1-10,12H,11H2,(H,23,24)(H,25,27,28). The third-order valence-electron chi connectivity index (χ3n) is 4.83. The number of pyridine rings is 1. The van der Waals surface area contributed by atoms with E-state index in [9.17, 15) is 10.1 Å². The van der Waals surface area contributed by atoms with Crippen LogP contribution < -0.4 is 5.32 Å². The second-order valence-corrected chi connectivity index (χ2v) is 7.37. The van der Waals surface area contributed by atoms with E-state index in [1.165, 1.54) is 12.1 Å². The summed E-state index contributed by atoms with van der Waals surface area (Å²) in [4.78, 5) is 26.6. The molecule has 4 heterocycles. The lowest BCUT2D eigenvalue weighted by molar-refractivity contribution is -0.384. The highest BCUT2D eigenvalue weighted by atomic mass is 35.5. The molecule has 0 aliphatic heterocycles. The van der Waals surface area contributed by atoms with Gasteiger partial charge in [0.25, 0.3) is 5.69 Å². The molecule has 0 saturated carbocycles. The van der Waals surface area contributed by atoms with Crippen LogP contribution in [-0.2, 0) is 6.54 Å². The van der Waals surface area contributed by atoms with Crippen LogP contribution in [0.2, 0.25) is 5.02 Å². The van der Waals surface area contributed by atoms with Crippen molar-refractivity contribution in [3.63, 3.8) is 0 Å². The summed E-state index contributed by atoms with van der Waals surface area (Å²) in [5, 5.41) is 19.6. The van der Waals surface area contributed by atoms with Crippen molar-refractivity contribution in [2.75, 3.05) is 5.32 Å². The molecule has 0 spiro atoms. The van der Waals surface area contributed by atoms with E-state index < -0.39 is 4.92 Å². The number of halogens is 1. The molecular weight excluding hydrogens is 432 g/mol. The zero-order valence-electron chi connectivity index (χ0n) is 16.4. The van der Waals surface area contributed by atoms with Crippen LogP contribution >= 0.6 is 11.6 Å². The van der Waals surface area contributed by atoms with E-state index in [0.717, 1.165) is 22.2 Å². The fraction of sp³-hybridized carbons (Fsp3) is 0.0476. The van der Waals surface area contributed by atoms with Crippen LogP contribution in [0.5, 0.6) is 0 Å². The number of rotatable bonds is 6. The van der Waals surface area contributed by atoms with Gasteiger partial charge in [0.1, 0.15) is 5.65 Å². The van der Waals surface area contributed by atoms with Crippen LogP contribution in [0.15, 0.2) is 67.4 Å². The first-order valence-corrected chi connectivity index (χ1v) is 9.92. The summed E-state index contributed by atoms with van der Waals surface area (Å²) in [5.41, 5.74) is 3.81. The Hall–Kier alpha value is -4.31. The van der Waals surface area contributed by atoms with E-state index >= 15 is 0 Å². The third-order valence-corrected chi connectivity index (χ3v) is 5.11. The molecule has 0 aliphatic rings. The van der Waals surface area contributed by atoms with Gasteiger partial charge in [-0.2, -0.15) is 5.10 Å². The number of anilines is 2. The highest BCUT2D eigenvalue weighted by Crippen LogP contribution is 2.32. The summed E-state index contributed by atoms with van der Waals surface area (Å²) < 4.78 is 1.71. The van der Waals surface area contributed by atoms with Crippen molar-refractivity contribution in [2.24, 2.45) is 0 Å². The molecule has 0 saturated heterocycles. The predicted octanol–water partition coefficient (Wildman–Crippen LogP) is 4.57. The summed E-state index contributed by atoms with van der Waals surface area (Å²) in [6, 6.07) is 10.2. The lowest BCUT2D eigenvalue weighted by Crippen LogP contribution is -2.00. The number of aromatic amines is 1. The molecule has 158 valence electrons. The van der Waals surface area contributed by atoms with Gasteiger partial charge in [-0.1, -0.05) is 23.7 Å². The quantitative estimate of drug-likeness (QED) is 0.289. The molecule has 0 bridgehead atoms. The van der Waals surface area contributed by atoms with Gasteiger partial charge in [0.2, 0.25) is 5.95 Å². The first-order chi connectivity index (χ1) is 15.6.